The largest absolute Gasteiger partial charge is 0.397 e. The summed E-state index contributed by atoms with van der Waals surface area (Å²) >= 11 is 0. The first kappa shape index (κ1) is 7.94. The number of nitrogens with zero attached hydrogens (tertiary/aromatic N) is 1. The van der Waals surface area contributed by atoms with Crippen molar-refractivity contribution in [2.24, 2.45) is 0 Å². The summed E-state index contributed by atoms with van der Waals surface area (Å²) in [6, 6.07) is 3.60. The highest BCUT2D eigenvalue weighted by molar-refractivity contribution is 5.71. The molecular formula is C9H11N3O. The first-order chi connectivity index (χ1) is 6.16. The van der Waals surface area contributed by atoms with Crippen LogP contribution in [0.3, 0.4) is 0 Å². The van der Waals surface area contributed by atoms with Crippen molar-refractivity contribution in [3.8, 4) is 0 Å². The smallest absolute Gasteiger partial charge is 0.0703 e. The fourth-order valence-corrected chi connectivity index (χ4v) is 1.38. The van der Waals surface area contributed by atoms with Crippen LogP contribution in [0, 0.1) is 0 Å². The molecule has 1 heterocycles. The Hall–Kier alpha value is -1.68. The maximum absolute atomic E-state index is 9.19. The van der Waals surface area contributed by atoms with Gasteiger partial charge in [-0.05, 0) is 29.3 Å². The molecule has 0 fully saturated rings. The van der Waals surface area contributed by atoms with Crippen LogP contribution in [0.25, 0.3) is 6.08 Å². The summed E-state index contributed by atoms with van der Waals surface area (Å²) in [6.07, 6.45) is 3.40. The molecule has 4 nitrogen and oxygen atoms in total. The normalized spacial score (nSPS) is 14.4. The molecule has 0 atom stereocenters. The second-order valence-electron chi connectivity index (χ2n) is 3.09. The van der Waals surface area contributed by atoms with Crippen LogP contribution in [-0.4, -0.2) is 10.3 Å². The van der Waals surface area contributed by atoms with Gasteiger partial charge in [0.15, 0.2) is 0 Å². The van der Waals surface area contributed by atoms with E-state index >= 15 is 0 Å². The first-order valence-corrected chi connectivity index (χ1v) is 3.98. The van der Waals surface area contributed by atoms with Gasteiger partial charge in [0.1, 0.15) is 0 Å². The van der Waals surface area contributed by atoms with Crippen molar-refractivity contribution in [3.05, 3.63) is 29.5 Å². The van der Waals surface area contributed by atoms with Crippen molar-refractivity contribution in [1.82, 2.24) is 5.06 Å². The minimum atomic E-state index is 0.455. The Bertz CT molecular complexity index is 373. The minimum Gasteiger partial charge on any atom is -0.397 e. The second kappa shape index (κ2) is 2.67. The number of anilines is 2. The fourth-order valence-electron chi connectivity index (χ4n) is 1.38. The molecule has 2 rings (SSSR count). The number of fused-ring (bicyclic) bond motifs is 1. The molecule has 1 aliphatic rings. The summed E-state index contributed by atoms with van der Waals surface area (Å²) in [6.45, 7) is 0.455. The molecule has 5 N–H and O–H groups in total. The van der Waals surface area contributed by atoms with Crippen LogP contribution < -0.4 is 11.5 Å². The average molecular weight is 177 g/mol. The lowest BCUT2D eigenvalue weighted by Crippen LogP contribution is -2.15. The number of hydrogen-bond acceptors (Lipinski definition) is 4. The zero-order chi connectivity index (χ0) is 9.42. The van der Waals surface area contributed by atoms with E-state index in [9.17, 15) is 5.21 Å². The van der Waals surface area contributed by atoms with E-state index in [0.29, 0.717) is 17.9 Å². The van der Waals surface area contributed by atoms with Crippen LogP contribution in [0.2, 0.25) is 0 Å². The van der Waals surface area contributed by atoms with Crippen molar-refractivity contribution in [3.63, 3.8) is 0 Å². The summed E-state index contributed by atoms with van der Waals surface area (Å²) in [7, 11) is 0. The fraction of sp³-hybridized carbons (Fsp3) is 0.111. The quantitative estimate of drug-likeness (QED) is 0.517. The molecule has 0 spiro atoms. The van der Waals surface area contributed by atoms with E-state index in [1.807, 2.05) is 6.07 Å². The highest BCUT2D eigenvalue weighted by atomic mass is 16.5. The third-order valence-corrected chi connectivity index (χ3v) is 2.10. The Morgan fingerprint density at radius 1 is 1.23 bits per heavy atom. The SMILES string of the molecule is Nc1cc2c(cc1N)CN(O)C=C2. The van der Waals surface area contributed by atoms with E-state index in [1.165, 1.54) is 0 Å². The molecule has 1 aromatic carbocycles. The maximum Gasteiger partial charge on any atom is 0.0703 e. The van der Waals surface area contributed by atoms with E-state index in [0.717, 1.165) is 16.2 Å². The zero-order valence-corrected chi connectivity index (χ0v) is 7.07. The number of nitrogens with two attached hydrogens (primary N) is 2. The monoisotopic (exact) mass is 177 g/mol. The summed E-state index contributed by atoms with van der Waals surface area (Å²) < 4.78 is 0. The lowest BCUT2D eigenvalue weighted by molar-refractivity contribution is -0.0494. The number of hydrogen-bond donors (Lipinski definition) is 3. The van der Waals surface area contributed by atoms with E-state index in [2.05, 4.69) is 0 Å². The predicted molar refractivity (Wildman–Crippen MR) is 51.6 cm³/mol. The number of nitrogen functional groups attached to an aromatic ring is 2. The number of hydroxylamine groups is 2. The van der Waals surface area contributed by atoms with E-state index in [-0.39, 0.29) is 0 Å². The van der Waals surface area contributed by atoms with Crippen LogP contribution in [0.1, 0.15) is 11.1 Å². The van der Waals surface area contributed by atoms with Gasteiger partial charge in [0.25, 0.3) is 0 Å². The van der Waals surface area contributed by atoms with Gasteiger partial charge < -0.3 is 11.5 Å². The summed E-state index contributed by atoms with van der Waals surface area (Å²) in [4.78, 5) is 0. The van der Waals surface area contributed by atoms with Crippen LogP contribution in [-0.2, 0) is 6.54 Å². The van der Waals surface area contributed by atoms with Crippen LogP contribution in [0.4, 0.5) is 11.4 Å². The van der Waals surface area contributed by atoms with Gasteiger partial charge in [-0.25, -0.2) is 0 Å². The maximum atomic E-state index is 9.19. The summed E-state index contributed by atoms with van der Waals surface area (Å²) in [5.41, 5.74) is 14.4. The average Bonchev–Trinajstić information content (AvgIpc) is 2.08. The standard InChI is InChI=1S/C9H11N3O/c10-8-3-6-1-2-12(13)5-7(6)4-9(8)11/h1-4,13H,5,10-11H2. The van der Waals surface area contributed by atoms with Crippen molar-refractivity contribution in [2.45, 2.75) is 6.54 Å². The van der Waals surface area contributed by atoms with Gasteiger partial charge in [-0.15, -0.1) is 0 Å². The molecule has 0 saturated carbocycles. The summed E-state index contributed by atoms with van der Waals surface area (Å²) in [5, 5.41) is 10.3. The topological polar surface area (TPSA) is 75.5 Å². The van der Waals surface area contributed by atoms with Gasteiger partial charge in [0.05, 0.1) is 17.9 Å². The third kappa shape index (κ3) is 1.31. The molecular weight excluding hydrogens is 166 g/mol. The molecule has 1 aromatic rings. The van der Waals surface area contributed by atoms with Gasteiger partial charge >= 0.3 is 0 Å². The molecule has 0 unspecified atom stereocenters. The van der Waals surface area contributed by atoms with Gasteiger partial charge in [-0.2, -0.15) is 0 Å². The molecule has 0 bridgehead atoms. The zero-order valence-electron chi connectivity index (χ0n) is 7.07. The molecule has 0 aromatic heterocycles. The molecule has 0 aliphatic carbocycles. The molecule has 13 heavy (non-hydrogen) atoms. The van der Waals surface area contributed by atoms with Crippen LogP contribution >= 0.6 is 0 Å². The molecule has 0 amide bonds. The second-order valence-corrected chi connectivity index (χ2v) is 3.09. The molecule has 0 saturated heterocycles. The highest BCUT2D eigenvalue weighted by Gasteiger charge is 2.10. The van der Waals surface area contributed by atoms with Gasteiger partial charge in [0, 0.05) is 6.20 Å². The lowest BCUT2D eigenvalue weighted by Gasteiger charge is -2.19. The van der Waals surface area contributed by atoms with Crippen molar-refractivity contribution in [1.29, 1.82) is 0 Å². The molecule has 4 heteroatoms. The molecule has 68 valence electrons. The highest BCUT2D eigenvalue weighted by Crippen LogP contribution is 2.25. The van der Waals surface area contributed by atoms with E-state index in [4.69, 9.17) is 11.5 Å². The Morgan fingerprint density at radius 3 is 2.69 bits per heavy atom. The molecule has 1 aliphatic heterocycles. The van der Waals surface area contributed by atoms with Gasteiger partial charge in [-0.3, -0.25) is 10.3 Å². The minimum absolute atomic E-state index is 0.455. The number of benzene rings is 1. The van der Waals surface area contributed by atoms with Gasteiger partial charge in [-0.1, -0.05) is 0 Å². The first-order valence-electron chi connectivity index (χ1n) is 3.98. The van der Waals surface area contributed by atoms with E-state index < -0.39 is 0 Å². The Labute approximate surface area is 76.0 Å². The Morgan fingerprint density at radius 2 is 1.92 bits per heavy atom. The van der Waals surface area contributed by atoms with Crippen molar-refractivity contribution >= 4 is 17.5 Å². The lowest BCUT2D eigenvalue weighted by atomic mass is 10.0. The Kier molecular flexibility index (Phi) is 1.63. The predicted octanol–water partition coefficient (Wildman–Crippen LogP) is 1.03. The van der Waals surface area contributed by atoms with Crippen LogP contribution in [0.5, 0.6) is 0 Å². The van der Waals surface area contributed by atoms with Crippen molar-refractivity contribution < 1.29 is 5.21 Å². The molecule has 0 radical (unpaired) electrons. The van der Waals surface area contributed by atoms with Crippen molar-refractivity contribution in [2.75, 3.05) is 11.5 Å². The van der Waals surface area contributed by atoms with Gasteiger partial charge in [0.2, 0.25) is 0 Å². The third-order valence-electron chi connectivity index (χ3n) is 2.10. The Balaban J connectivity index is 2.52. The summed E-state index contributed by atoms with van der Waals surface area (Å²) in [5.74, 6) is 0. The van der Waals surface area contributed by atoms with Crippen LogP contribution in [0.15, 0.2) is 18.3 Å². The number of rotatable bonds is 0. The van der Waals surface area contributed by atoms with E-state index in [1.54, 1.807) is 18.3 Å².